The van der Waals surface area contributed by atoms with E-state index < -0.39 is 6.61 Å². The molecule has 2 amide bonds. The molecule has 1 aromatic carbocycles. The van der Waals surface area contributed by atoms with Crippen LogP contribution in [0.5, 0.6) is 5.75 Å². The normalized spacial score (nSPS) is 18.2. The summed E-state index contributed by atoms with van der Waals surface area (Å²) in [6.45, 7) is -0.606. The van der Waals surface area contributed by atoms with Crippen molar-refractivity contribution in [3.05, 3.63) is 29.8 Å². The van der Waals surface area contributed by atoms with Gasteiger partial charge in [-0.1, -0.05) is 25.0 Å². The Morgan fingerprint density at radius 2 is 1.52 bits per heavy atom. The molecule has 0 bridgehead atoms. The van der Waals surface area contributed by atoms with Gasteiger partial charge in [0.1, 0.15) is 5.75 Å². The van der Waals surface area contributed by atoms with Crippen LogP contribution in [0.15, 0.2) is 24.3 Å². The monoisotopic (exact) mass is 380 g/mol. The lowest BCUT2D eigenvalue weighted by molar-refractivity contribution is -0.139. The number of amides is 2. The quantitative estimate of drug-likeness (QED) is 0.762. The first kappa shape index (κ1) is 19.6. The lowest BCUT2D eigenvalue weighted by Gasteiger charge is -2.35. The molecule has 148 valence electrons. The maximum atomic E-state index is 12.5. The molecule has 1 saturated heterocycles. The van der Waals surface area contributed by atoms with Crippen molar-refractivity contribution in [3.63, 3.8) is 0 Å². The zero-order valence-corrected chi connectivity index (χ0v) is 15.4. The Kier molecular flexibility index (Phi) is 6.63. The fourth-order valence-corrected chi connectivity index (χ4v) is 3.87. The molecule has 1 heterocycles. The van der Waals surface area contributed by atoms with Crippen molar-refractivity contribution in [2.45, 2.75) is 45.1 Å². The molecule has 0 unspecified atom stereocenters. The van der Waals surface area contributed by atoms with Crippen molar-refractivity contribution < 1.29 is 23.1 Å². The number of rotatable bonds is 6. The van der Waals surface area contributed by atoms with Gasteiger partial charge in [0.05, 0.1) is 6.42 Å². The number of hydrogen-bond donors (Lipinski definition) is 0. The van der Waals surface area contributed by atoms with E-state index in [2.05, 4.69) is 4.74 Å². The fraction of sp³-hybridized carbons (Fsp3) is 0.600. The van der Waals surface area contributed by atoms with Gasteiger partial charge in [-0.3, -0.25) is 9.59 Å². The Balaban J connectivity index is 1.43. The Bertz CT molecular complexity index is 637. The van der Waals surface area contributed by atoms with Gasteiger partial charge in [0, 0.05) is 32.6 Å². The van der Waals surface area contributed by atoms with Crippen LogP contribution >= 0.6 is 0 Å². The molecule has 3 rings (SSSR count). The number of halogens is 2. The van der Waals surface area contributed by atoms with E-state index in [9.17, 15) is 18.4 Å². The van der Waals surface area contributed by atoms with Crippen molar-refractivity contribution in [2.75, 3.05) is 26.2 Å². The van der Waals surface area contributed by atoms with Gasteiger partial charge in [-0.05, 0) is 36.5 Å². The van der Waals surface area contributed by atoms with Crippen LogP contribution in [0.2, 0.25) is 0 Å². The van der Waals surface area contributed by atoms with E-state index in [1.54, 1.807) is 17.0 Å². The van der Waals surface area contributed by atoms with Gasteiger partial charge in [0.2, 0.25) is 11.8 Å². The summed E-state index contributed by atoms with van der Waals surface area (Å²) < 4.78 is 28.6. The van der Waals surface area contributed by atoms with Gasteiger partial charge >= 0.3 is 6.61 Å². The third kappa shape index (κ3) is 5.65. The average Bonchev–Trinajstić information content (AvgIpc) is 3.16. The molecular weight excluding hydrogens is 354 g/mol. The highest BCUT2D eigenvalue weighted by atomic mass is 19.3. The smallest absolute Gasteiger partial charge is 0.387 e. The molecule has 2 aliphatic rings. The molecule has 0 aromatic heterocycles. The van der Waals surface area contributed by atoms with E-state index in [4.69, 9.17) is 0 Å². The zero-order valence-electron chi connectivity index (χ0n) is 15.4. The molecule has 1 aliphatic carbocycles. The Labute approximate surface area is 158 Å². The molecule has 0 radical (unpaired) electrons. The highest BCUT2D eigenvalue weighted by Gasteiger charge is 2.26. The van der Waals surface area contributed by atoms with Gasteiger partial charge in [-0.15, -0.1) is 0 Å². The Morgan fingerprint density at radius 1 is 0.963 bits per heavy atom. The van der Waals surface area contributed by atoms with Gasteiger partial charge in [-0.2, -0.15) is 8.78 Å². The number of piperazine rings is 1. The molecule has 2 fully saturated rings. The van der Waals surface area contributed by atoms with E-state index in [1.165, 1.54) is 25.0 Å². The molecule has 1 saturated carbocycles. The van der Waals surface area contributed by atoms with Gasteiger partial charge in [-0.25, -0.2) is 0 Å². The van der Waals surface area contributed by atoms with Crippen LogP contribution in [-0.2, 0) is 16.0 Å². The van der Waals surface area contributed by atoms with Gasteiger partial charge < -0.3 is 14.5 Å². The standard InChI is InChI=1S/C20H26F2N2O3/c21-20(22)27-17-7-5-16(6-8-17)14-19(26)24-11-9-23(10-12-24)18(25)13-15-3-1-2-4-15/h5-8,15,20H,1-4,9-14H2. The Morgan fingerprint density at radius 3 is 2.07 bits per heavy atom. The maximum absolute atomic E-state index is 12.5. The van der Waals surface area contributed by atoms with E-state index in [0.29, 0.717) is 38.5 Å². The molecule has 27 heavy (non-hydrogen) atoms. The topological polar surface area (TPSA) is 49.9 Å². The van der Waals surface area contributed by atoms with Crippen molar-refractivity contribution in [1.29, 1.82) is 0 Å². The maximum Gasteiger partial charge on any atom is 0.387 e. The van der Waals surface area contributed by atoms with Crippen molar-refractivity contribution in [3.8, 4) is 5.75 Å². The summed E-state index contributed by atoms with van der Waals surface area (Å²) in [5.74, 6) is 0.814. The molecule has 1 aliphatic heterocycles. The molecule has 0 spiro atoms. The minimum Gasteiger partial charge on any atom is -0.435 e. The minimum absolute atomic E-state index is 0.0135. The number of ether oxygens (including phenoxy) is 1. The third-order valence-corrected chi connectivity index (χ3v) is 5.43. The summed E-state index contributed by atoms with van der Waals surface area (Å²) in [6.07, 6.45) is 5.63. The Hall–Kier alpha value is -2.18. The number of alkyl halides is 2. The largest absolute Gasteiger partial charge is 0.435 e. The second kappa shape index (κ2) is 9.15. The van der Waals surface area contributed by atoms with Crippen molar-refractivity contribution in [1.82, 2.24) is 9.80 Å². The van der Waals surface area contributed by atoms with Crippen LogP contribution in [0.3, 0.4) is 0 Å². The lowest BCUT2D eigenvalue weighted by Crippen LogP contribution is -2.51. The minimum atomic E-state index is -2.86. The SMILES string of the molecule is O=C(Cc1ccc(OC(F)F)cc1)N1CCN(C(=O)CC2CCCC2)CC1. The van der Waals surface area contributed by atoms with Gasteiger partial charge in [0.15, 0.2) is 0 Å². The first-order chi connectivity index (χ1) is 13.0. The lowest BCUT2D eigenvalue weighted by atomic mass is 10.0. The number of carbonyl (C=O) groups excluding carboxylic acids is 2. The second-order valence-corrected chi connectivity index (χ2v) is 7.32. The summed E-state index contributed by atoms with van der Waals surface area (Å²) in [4.78, 5) is 28.5. The molecule has 0 atom stereocenters. The molecule has 1 aromatic rings. The summed E-state index contributed by atoms with van der Waals surface area (Å²) in [5.41, 5.74) is 0.751. The molecule has 5 nitrogen and oxygen atoms in total. The summed E-state index contributed by atoms with van der Waals surface area (Å²) in [6, 6.07) is 6.12. The third-order valence-electron chi connectivity index (χ3n) is 5.43. The van der Waals surface area contributed by atoms with Crippen molar-refractivity contribution in [2.24, 2.45) is 5.92 Å². The van der Waals surface area contributed by atoms with Crippen LogP contribution in [0.25, 0.3) is 0 Å². The summed E-state index contributed by atoms with van der Waals surface area (Å²) >= 11 is 0. The summed E-state index contributed by atoms with van der Waals surface area (Å²) in [7, 11) is 0. The van der Waals surface area contributed by atoms with Crippen LogP contribution < -0.4 is 4.74 Å². The first-order valence-corrected chi connectivity index (χ1v) is 9.60. The highest BCUT2D eigenvalue weighted by Crippen LogP contribution is 2.28. The second-order valence-electron chi connectivity index (χ2n) is 7.32. The van der Waals surface area contributed by atoms with Crippen LogP contribution in [0, 0.1) is 5.92 Å². The zero-order chi connectivity index (χ0) is 19.2. The van der Waals surface area contributed by atoms with E-state index in [0.717, 1.165) is 18.4 Å². The predicted octanol–water partition coefficient (Wildman–Crippen LogP) is 3.08. The van der Waals surface area contributed by atoms with Crippen molar-refractivity contribution >= 4 is 11.8 Å². The first-order valence-electron chi connectivity index (χ1n) is 9.60. The van der Waals surface area contributed by atoms with Crippen LogP contribution in [0.1, 0.15) is 37.7 Å². The number of benzene rings is 1. The molecule has 7 heteroatoms. The predicted molar refractivity (Wildman–Crippen MR) is 96.5 cm³/mol. The average molecular weight is 380 g/mol. The van der Waals surface area contributed by atoms with E-state index >= 15 is 0 Å². The molecule has 0 N–H and O–H groups in total. The van der Waals surface area contributed by atoms with E-state index in [-0.39, 0.29) is 24.0 Å². The van der Waals surface area contributed by atoms with Gasteiger partial charge in [0.25, 0.3) is 0 Å². The number of hydrogen-bond acceptors (Lipinski definition) is 3. The number of nitrogens with zero attached hydrogens (tertiary/aromatic N) is 2. The highest BCUT2D eigenvalue weighted by molar-refractivity contribution is 5.80. The molecular formula is C20H26F2N2O3. The van der Waals surface area contributed by atoms with Crippen LogP contribution in [0.4, 0.5) is 8.78 Å². The van der Waals surface area contributed by atoms with E-state index in [1.807, 2.05) is 4.90 Å². The van der Waals surface area contributed by atoms with Crippen LogP contribution in [-0.4, -0.2) is 54.4 Å². The number of carbonyl (C=O) groups is 2. The summed E-state index contributed by atoms with van der Waals surface area (Å²) in [5, 5.41) is 0. The fourth-order valence-electron chi connectivity index (χ4n) is 3.87.